The molecule has 0 fully saturated rings. The average Bonchev–Trinajstić information content (AvgIpc) is 2.33. The summed E-state index contributed by atoms with van der Waals surface area (Å²) in [5, 5.41) is 13.9. The Balaban J connectivity index is 3.19. The summed E-state index contributed by atoms with van der Waals surface area (Å²) >= 11 is 11.6. The first-order valence-electron chi connectivity index (χ1n) is 5.01. The van der Waals surface area contributed by atoms with E-state index in [2.05, 4.69) is 10.3 Å². The van der Waals surface area contributed by atoms with Gasteiger partial charge in [-0.3, -0.25) is 5.73 Å². The van der Waals surface area contributed by atoms with Crippen LogP contribution in [0.25, 0.3) is 0 Å². The minimum Gasteiger partial charge on any atom is -0.384 e. The molecule has 6 nitrogen and oxygen atoms in total. The summed E-state index contributed by atoms with van der Waals surface area (Å²) in [5.41, 5.74) is 6.39. The van der Waals surface area contributed by atoms with E-state index in [1.54, 1.807) is 20.0 Å². The number of pyridine rings is 1. The topological polar surface area (TPSA) is 94.1 Å². The largest absolute Gasteiger partial charge is 0.384 e. The van der Waals surface area contributed by atoms with E-state index in [-0.39, 0.29) is 16.1 Å². The molecule has 98 valence electrons. The second-order valence-electron chi connectivity index (χ2n) is 3.57. The Morgan fingerprint density at radius 2 is 2.22 bits per heavy atom. The first-order valence-corrected chi connectivity index (χ1v) is 5.76. The Morgan fingerprint density at radius 3 is 2.67 bits per heavy atom. The van der Waals surface area contributed by atoms with Crippen LogP contribution in [0.15, 0.2) is 23.8 Å². The molecule has 1 aromatic heterocycles. The van der Waals surface area contributed by atoms with Crippen molar-refractivity contribution in [3.05, 3.63) is 49.6 Å². The zero-order valence-electron chi connectivity index (χ0n) is 9.78. The van der Waals surface area contributed by atoms with E-state index in [4.69, 9.17) is 28.9 Å². The predicted octanol–water partition coefficient (Wildman–Crippen LogP) is 2.12. The highest BCUT2D eigenvalue weighted by Crippen LogP contribution is 2.27. The van der Waals surface area contributed by atoms with Crippen molar-refractivity contribution < 1.29 is 4.92 Å². The third kappa shape index (κ3) is 3.02. The van der Waals surface area contributed by atoms with Crippen molar-refractivity contribution in [1.82, 2.24) is 10.3 Å². The molecule has 0 aliphatic heterocycles. The Labute approximate surface area is 114 Å². The fourth-order valence-corrected chi connectivity index (χ4v) is 1.78. The lowest BCUT2D eigenvalue weighted by Gasteiger charge is -2.15. The fraction of sp³-hybridized carbons (Fsp3) is 0.300. The number of hydrogen-bond acceptors (Lipinski definition) is 5. The molecule has 0 aromatic carbocycles. The maximum atomic E-state index is 10.7. The Hall–Kier alpha value is -1.53. The van der Waals surface area contributed by atoms with Crippen molar-refractivity contribution in [1.29, 1.82) is 0 Å². The van der Waals surface area contributed by atoms with Crippen molar-refractivity contribution in [2.24, 2.45) is 5.73 Å². The summed E-state index contributed by atoms with van der Waals surface area (Å²) in [7, 11) is 1.56. The van der Waals surface area contributed by atoms with Crippen LogP contribution in [0.1, 0.15) is 18.4 Å². The number of rotatable bonds is 4. The highest BCUT2D eigenvalue weighted by atomic mass is 35.5. The predicted molar refractivity (Wildman–Crippen MR) is 69.9 cm³/mol. The van der Waals surface area contributed by atoms with E-state index in [9.17, 15) is 10.1 Å². The van der Waals surface area contributed by atoms with Crippen LogP contribution in [0.2, 0.25) is 10.2 Å². The molecule has 1 aromatic rings. The molecule has 0 saturated carbocycles. The van der Waals surface area contributed by atoms with Crippen LogP contribution in [-0.4, -0.2) is 17.0 Å². The summed E-state index contributed by atoms with van der Waals surface area (Å²) in [6, 6.07) is 1.60. The van der Waals surface area contributed by atoms with Gasteiger partial charge in [0.05, 0.1) is 5.02 Å². The summed E-state index contributed by atoms with van der Waals surface area (Å²) < 4.78 is 0. The number of nitrogens with zero attached hydrogens (tertiary/aromatic N) is 2. The van der Waals surface area contributed by atoms with Crippen molar-refractivity contribution in [2.45, 2.75) is 12.8 Å². The zero-order valence-corrected chi connectivity index (χ0v) is 11.3. The van der Waals surface area contributed by atoms with Crippen LogP contribution in [0.5, 0.6) is 0 Å². The molecular weight excluding hydrogens is 279 g/mol. The van der Waals surface area contributed by atoms with Gasteiger partial charge in [0.2, 0.25) is 0 Å². The molecule has 0 saturated heterocycles. The number of allylic oxidation sites excluding steroid dienone is 1. The monoisotopic (exact) mass is 290 g/mol. The molecular formula is C10H12Cl2N4O2. The number of hydrogen-bond donors (Lipinski definition) is 2. The van der Waals surface area contributed by atoms with Crippen LogP contribution in [-0.2, 0) is 0 Å². The standard InChI is InChI=1S/C10H12Cl2N4O2/c1-5(8(14-2)10(13)16(17)18)6-3-7(11)9(12)15-4-6/h3-5,14H,13H2,1-2H3. The number of halogens is 2. The minimum atomic E-state index is -0.646. The molecule has 0 radical (unpaired) electrons. The molecule has 18 heavy (non-hydrogen) atoms. The molecule has 0 aliphatic carbocycles. The quantitative estimate of drug-likeness (QED) is 0.503. The van der Waals surface area contributed by atoms with Gasteiger partial charge in [-0.1, -0.05) is 30.1 Å². The van der Waals surface area contributed by atoms with Crippen LogP contribution in [0.3, 0.4) is 0 Å². The van der Waals surface area contributed by atoms with E-state index in [1.807, 2.05) is 0 Å². The van der Waals surface area contributed by atoms with E-state index in [0.29, 0.717) is 11.3 Å². The molecule has 3 N–H and O–H groups in total. The van der Waals surface area contributed by atoms with Crippen molar-refractivity contribution >= 4 is 23.2 Å². The molecule has 0 aliphatic rings. The van der Waals surface area contributed by atoms with Gasteiger partial charge in [-0.25, -0.2) is 4.98 Å². The lowest BCUT2D eigenvalue weighted by molar-refractivity contribution is -0.428. The lowest BCUT2D eigenvalue weighted by Crippen LogP contribution is -2.23. The Morgan fingerprint density at radius 1 is 1.61 bits per heavy atom. The van der Waals surface area contributed by atoms with Gasteiger partial charge in [-0.05, 0) is 16.6 Å². The molecule has 1 atom stereocenters. The SMILES string of the molecule is CNC(=C(N)[N+](=O)[O-])C(C)c1cnc(Cl)c(Cl)c1. The zero-order chi connectivity index (χ0) is 13.9. The summed E-state index contributed by atoms with van der Waals surface area (Å²) in [6.07, 6.45) is 1.50. The van der Waals surface area contributed by atoms with Crippen LogP contribution in [0.4, 0.5) is 0 Å². The van der Waals surface area contributed by atoms with Crippen LogP contribution in [0, 0.1) is 10.1 Å². The van der Waals surface area contributed by atoms with Crippen molar-refractivity contribution in [2.75, 3.05) is 7.05 Å². The molecule has 1 unspecified atom stereocenters. The maximum Gasteiger partial charge on any atom is 0.333 e. The third-order valence-corrected chi connectivity index (χ3v) is 3.18. The molecule has 1 rings (SSSR count). The normalized spacial score (nSPS) is 13.8. The molecule has 0 bridgehead atoms. The Bertz CT molecular complexity index is 505. The lowest BCUT2D eigenvalue weighted by atomic mass is 9.99. The summed E-state index contributed by atoms with van der Waals surface area (Å²) in [4.78, 5) is 13.9. The maximum absolute atomic E-state index is 10.7. The number of nitrogens with two attached hydrogens (primary N) is 1. The number of nitro groups is 1. The van der Waals surface area contributed by atoms with E-state index >= 15 is 0 Å². The van der Waals surface area contributed by atoms with Gasteiger partial charge in [-0.15, -0.1) is 0 Å². The number of aromatic nitrogens is 1. The van der Waals surface area contributed by atoms with Gasteiger partial charge >= 0.3 is 5.82 Å². The first-order chi connectivity index (χ1) is 8.38. The fourth-order valence-electron chi connectivity index (χ4n) is 1.50. The third-order valence-electron chi connectivity index (χ3n) is 2.49. The number of likely N-dealkylation sites (N-methyl/N-ethyl adjacent to an activating group) is 1. The van der Waals surface area contributed by atoms with Gasteiger partial charge in [0, 0.05) is 19.2 Å². The van der Waals surface area contributed by atoms with Gasteiger partial charge in [0.25, 0.3) is 0 Å². The first kappa shape index (κ1) is 14.5. The van der Waals surface area contributed by atoms with E-state index in [1.165, 1.54) is 6.20 Å². The smallest absolute Gasteiger partial charge is 0.333 e. The summed E-state index contributed by atoms with van der Waals surface area (Å²) in [6.45, 7) is 1.75. The summed E-state index contributed by atoms with van der Waals surface area (Å²) in [5.74, 6) is -0.779. The molecule has 0 amide bonds. The minimum absolute atomic E-state index is 0.185. The number of nitrogens with one attached hydrogen (secondary N) is 1. The average molecular weight is 291 g/mol. The highest BCUT2D eigenvalue weighted by Gasteiger charge is 2.20. The van der Waals surface area contributed by atoms with Crippen molar-refractivity contribution in [3.63, 3.8) is 0 Å². The van der Waals surface area contributed by atoms with Gasteiger partial charge in [0.15, 0.2) is 0 Å². The highest BCUT2D eigenvalue weighted by molar-refractivity contribution is 6.41. The van der Waals surface area contributed by atoms with Crippen molar-refractivity contribution in [3.8, 4) is 0 Å². The Kier molecular flexibility index (Phi) is 4.75. The van der Waals surface area contributed by atoms with Gasteiger partial charge in [0.1, 0.15) is 10.9 Å². The molecule has 1 heterocycles. The second-order valence-corrected chi connectivity index (χ2v) is 4.33. The van der Waals surface area contributed by atoms with Crippen LogP contribution < -0.4 is 11.1 Å². The molecule has 8 heteroatoms. The van der Waals surface area contributed by atoms with Crippen LogP contribution >= 0.6 is 23.2 Å². The molecule has 0 spiro atoms. The van der Waals surface area contributed by atoms with E-state index in [0.717, 1.165) is 0 Å². The van der Waals surface area contributed by atoms with Gasteiger partial charge in [-0.2, -0.15) is 0 Å². The van der Waals surface area contributed by atoms with E-state index < -0.39 is 10.7 Å². The van der Waals surface area contributed by atoms with Gasteiger partial charge < -0.3 is 15.4 Å². The second kappa shape index (κ2) is 5.88.